The lowest BCUT2D eigenvalue weighted by Crippen LogP contribution is -2.49. The molecule has 6 nitrogen and oxygen atoms in total. The Morgan fingerprint density at radius 3 is 2.56 bits per heavy atom. The molecule has 1 atom stereocenters. The van der Waals surface area contributed by atoms with Crippen LogP contribution in [0.15, 0.2) is 42.5 Å². The first-order valence-electron chi connectivity index (χ1n) is 9.49. The maximum absolute atomic E-state index is 12.8. The smallest absolute Gasteiger partial charge is 0.410 e. The van der Waals surface area contributed by atoms with Crippen molar-refractivity contribution in [2.45, 2.75) is 31.9 Å². The van der Waals surface area contributed by atoms with Gasteiger partial charge < -0.3 is 19.3 Å². The number of carbonyl (C=O) groups is 2. The number of hydrogen-bond donors (Lipinski definition) is 0. The largest absolute Gasteiger partial charge is 0.481 e. The molecule has 2 heterocycles. The summed E-state index contributed by atoms with van der Waals surface area (Å²) >= 11 is 0. The SMILES string of the molecule is CC(Oc1ccc2ccccc2c1)C(=O)N1CCC(N2CCOC2=O)CC1. The molecular formula is C21H24N2O4. The highest BCUT2D eigenvalue weighted by Crippen LogP contribution is 2.23. The zero-order valence-electron chi connectivity index (χ0n) is 15.5. The fraction of sp³-hybridized carbons (Fsp3) is 0.429. The van der Waals surface area contributed by atoms with Gasteiger partial charge in [-0.15, -0.1) is 0 Å². The Balaban J connectivity index is 1.34. The third-order valence-corrected chi connectivity index (χ3v) is 5.39. The number of rotatable bonds is 4. The first-order chi connectivity index (χ1) is 13.1. The number of hydrogen-bond acceptors (Lipinski definition) is 4. The molecule has 0 bridgehead atoms. The van der Waals surface area contributed by atoms with Crippen molar-refractivity contribution in [2.75, 3.05) is 26.2 Å². The summed E-state index contributed by atoms with van der Waals surface area (Å²) in [5.74, 6) is 0.690. The minimum Gasteiger partial charge on any atom is -0.481 e. The predicted octanol–water partition coefficient (Wildman–Crippen LogP) is 3.05. The third kappa shape index (κ3) is 3.70. The van der Waals surface area contributed by atoms with Gasteiger partial charge >= 0.3 is 6.09 Å². The van der Waals surface area contributed by atoms with Crippen LogP contribution >= 0.6 is 0 Å². The van der Waals surface area contributed by atoms with Crippen LogP contribution in [0.1, 0.15) is 19.8 Å². The summed E-state index contributed by atoms with van der Waals surface area (Å²) in [6.07, 6.45) is 0.792. The van der Waals surface area contributed by atoms with Gasteiger partial charge in [0.05, 0.1) is 6.54 Å². The average Bonchev–Trinajstić information content (AvgIpc) is 3.13. The summed E-state index contributed by atoms with van der Waals surface area (Å²) in [4.78, 5) is 28.1. The molecule has 0 saturated carbocycles. The molecule has 2 aromatic carbocycles. The highest BCUT2D eigenvalue weighted by atomic mass is 16.6. The van der Waals surface area contributed by atoms with E-state index in [0.29, 0.717) is 32.0 Å². The van der Waals surface area contributed by atoms with Crippen LogP contribution in [0.2, 0.25) is 0 Å². The van der Waals surface area contributed by atoms with Crippen molar-refractivity contribution in [3.63, 3.8) is 0 Å². The van der Waals surface area contributed by atoms with Crippen molar-refractivity contribution in [1.82, 2.24) is 9.80 Å². The van der Waals surface area contributed by atoms with Gasteiger partial charge in [-0.25, -0.2) is 4.79 Å². The molecule has 2 amide bonds. The number of fused-ring (bicyclic) bond motifs is 1. The van der Waals surface area contributed by atoms with Crippen molar-refractivity contribution >= 4 is 22.8 Å². The predicted molar refractivity (Wildman–Crippen MR) is 102 cm³/mol. The number of amides is 2. The summed E-state index contributed by atoms with van der Waals surface area (Å²) in [5, 5.41) is 2.24. The quantitative estimate of drug-likeness (QED) is 0.832. The molecule has 2 aliphatic rings. The Bertz CT molecular complexity index is 845. The van der Waals surface area contributed by atoms with Gasteiger partial charge in [0.1, 0.15) is 12.4 Å². The average molecular weight is 368 g/mol. The van der Waals surface area contributed by atoms with Gasteiger partial charge in [-0.2, -0.15) is 0 Å². The zero-order chi connectivity index (χ0) is 18.8. The summed E-state index contributed by atoms with van der Waals surface area (Å²) in [6.45, 7) is 4.19. The van der Waals surface area contributed by atoms with E-state index in [4.69, 9.17) is 9.47 Å². The number of carbonyl (C=O) groups excluding carboxylic acids is 2. The third-order valence-electron chi connectivity index (χ3n) is 5.39. The van der Waals surface area contributed by atoms with Gasteiger partial charge in [-0.3, -0.25) is 4.79 Å². The van der Waals surface area contributed by atoms with Crippen LogP contribution in [0.3, 0.4) is 0 Å². The van der Waals surface area contributed by atoms with Crippen molar-refractivity contribution in [3.05, 3.63) is 42.5 Å². The van der Waals surface area contributed by atoms with Gasteiger partial charge in [-0.05, 0) is 42.7 Å². The number of nitrogens with zero attached hydrogens (tertiary/aromatic N) is 2. The van der Waals surface area contributed by atoms with E-state index in [1.165, 1.54) is 0 Å². The summed E-state index contributed by atoms with van der Waals surface area (Å²) in [5.41, 5.74) is 0. The summed E-state index contributed by atoms with van der Waals surface area (Å²) in [7, 11) is 0. The molecule has 4 rings (SSSR count). The van der Waals surface area contributed by atoms with Gasteiger partial charge in [0, 0.05) is 19.1 Å². The first kappa shape index (κ1) is 17.6. The molecule has 6 heteroatoms. The lowest BCUT2D eigenvalue weighted by atomic mass is 10.0. The number of ether oxygens (including phenoxy) is 2. The molecule has 2 aromatic rings. The molecule has 0 spiro atoms. The Hall–Kier alpha value is -2.76. The number of benzene rings is 2. The van der Waals surface area contributed by atoms with E-state index < -0.39 is 6.10 Å². The van der Waals surface area contributed by atoms with Crippen molar-refractivity contribution < 1.29 is 19.1 Å². The molecule has 142 valence electrons. The van der Waals surface area contributed by atoms with E-state index in [1.807, 2.05) is 47.4 Å². The maximum atomic E-state index is 12.8. The number of piperidine rings is 1. The monoisotopic (exact) mass is 368 g/mol. The van der Waals surface area contributed by atoms with Crippen molar-refractivity contribution in [3.8, 4) is 5.75 Å². The van der Waals surface area contributed by atoms with E-state index in [2.05, 4.69) is 0 Å². The molecule has 1 unspecified atom stereocenters. The van der Waals surface area contributed by atoms with Crippen LogP contribution in [0.25, 0.3) is 10.8 Å². The van der Waals surface area contributed by atoms with E-state index in [-0.39, 0.29) is 18.0 Å². The fourth-order valence-corrected chi connectivity index (χ4v) is 3.89. The van der Waals surface area contributed by atoms with Gasteiger partial charge in [0.25, 0.3) is 5.91 Å². The van der Waals surface area contributed by atoms with Crippen LogP contribution in [0, 0.1) is 0 Å². The van der Waals surface area contributed by atoms with Gasteiger partial charge in [0.15, 0.2) is 6.10 Å². The van der Waals surface area contributed by atoms with Crippen LogP contribution < -0.4 is 4.74 Å². The Morgan fingerprint density at radius 1 is 1.11 bits per heavy atom. The molecule has 2 fully saturated rings. The maximum Gasteiger partial charge on any atom is 0.410 e. The second kappa shape index (κ2) is 7.47. The fourth-order valence-electron chi connectivity index (χ4n) is 3.89. The molecule has 0 aromatic heterocycles. The number of likely N-dealkylation sites (tertiary alicyclic amines) is 1. The minimum absolute atomic E-state index is 0.00870. The lowest BCUT2D eigenvalue weighted by Gasteiger charge is -2.36. The van der Waals surface area contributed by atoms with Crippen LogP contribution in [0.4, 0.5) is 4.79 Å². The second-order valence-electron chi connectivity index (χ2n) is 7.13. The lowest BCUT2D eigenvalue weighted by molar-refractivity contribution is -0.139. The highest BCUT2D eigenvalue weighted by molar-refractivity contribution is 5.84. The summed E-state index contributed by atoms with van der Waals surface area (Å²) < 4.78 is 10.9. The van der Waals surface area contributed by atoms with Gasteiger partial charge in [0.2, 0.25) is 0 Å². The van der Waals surface area contributed by atoms with Crippen LogP contribution in [-0.2, 0) is 9.53 Å². The second-order valence-corrected chi connectivity index (χ2v) is 7.13. The Morgan fingerprint density at radius 2 is 1.85 bits per heavy atom. The van der Waals surface area contributed by atoms with Crippen molar-refractivity contribution in [2.24, 2.45) is 0 Å². The normalized spacial score (nSPS) is 19.2. The van der Waals surface area contributed by atoms with Crippen molar-refractivity contribution in [1.29, 1.82) is 0 Å². The van der Waals surface area contributed by atoms with Gasteiger partial charge in [-0.1, -0.05) is 30.3 Å². The van der Waals surface area contributed by atoms with Crippen LogP contribution in [-0.4, -0.2) is 60.2 Å². The highest BCUT2D eigenvalue weighted by Gasteiger charge is 2.34. The number of cyclic esters (lactones) is 1. The van der Waals surface area contributed by atoms with Crippen LogP contribution in [0.5, 0.6) is 5.75 Å². The first-order valence-corrected chi connectivity index (χ1v) is 9.49. The topological polar surface area (TPSA) is 59.1 Å². The standard InChI is InChI=1S/C21H24N2O4/c1-15(27-19-7-6-16-4-2-3-5-17(16)14-19)20(24)22-10-8-18(9-11-22)23-12-13-26-21(23)25/h2-7,14-15,18H,8-13H2,1H3. The molecule has 0 N–H and O–H groups in total. The zero-order valence-corrected chi connectivity index (χ0v) is 15.5. The molecule has 0 radical (unpaired) electrons. The Kier molecular flexibility index (Phi) is 4.88. The Labute approximate surface area is 158 Å². The van der Waals surface area contributed by atoms with E-state index in [0.717, 1.165) is 23.6 Å². The minimum atomic E-state index is -0.542. The van der Waals surface area contributed by atoms with E-state index in [9.17, 15) is 9.59 Å². The van der Waals surface area contributed by atoms with E-state index >= 15 is 0 Å². The molecule has 2 aliphatic heterocycles. The molecule has 2 saturated heterocycles. The molecule has 0 aliphatic carbocycles. The molecular weight excluding hydrogens is 344 g/mol. The van der Waals surface area contributed by atoms with E-state index in [1.54, 1.807) is 11.8 Å². The summed E-state index contributed by atoms with van der Waals surface area (Å²) in [6, 6.07) is 14.1. The molecule has 27 heavy (non-hydrogen) atoms.